The SMILES string of the molecule is CCNC(=NCc1ccc(N2CCN(CC)CC2)nc1)NCCCOCC1CCCO1.I. The topological polar surface area (TPSA) is 74.3 Å². The van der Waals surface area contributed by atoms with E-state index in [-0.39, 0.29) is 24.0 Å². The molecule has 0 radical (unpaired) electrons. The van der Waals surface area contributed by atoms with Gasteiger partial charge in [-0.05, 0) is 44.4 Å². The smallest absolute Gasteiger partial charge is 0.191 e. The van der Waals surface area contributed by atoms with E-state index in [1.807, 2.05) is 6.20 Å². The molecule has 1 atom stereocenters. The molecule has 3 heterocycles. The van der Waals surface area contributed by atoms with Gasteiger partial charge in [-0.15, -0.1) is 24.0 Å². The van der Waals surface area contributed by atoms with Crippen molar-refractivity contribution in [1.29, 1.82) is 0 Å². The van der Waals surface area contributed by atoms with Crippen LogP contribution in [0.1, 0.15) is 38.7 Å². The molecule has 0 aliphatic carbocycles. The van der Waals surface area contributed by atoms with Gasteiger partial charge in [-0.1, -0.05) is 13.0 Å². The summed E-state index contributed by atoms with van der Waals surface area (Å²) in [4.78, 5) is 14.2. The number of likely N-dealkylation sites (N-methyl/N-ethyl adjacent to an activating group) is 1. The normalized spacial score (nSPS) is 19.6. The van der Waals surface area contributed by atoms with E-state index in [4.69, 9.17) is 14.5 Å². The summed E-state index contributed by atoms with van der Waals surface area (Å²) in [6, 6.07) is 4.26. The molecular weight excluding hydrogens is 519 g/mol. The minimum atomic E-state index is 0. The molecular formula is C23H41IN6O2. The van der Waals surface area contributed by atoms with E-state index in [0.29, 0.717) is 19.3 Å². The number of halogens is 1. The zero-order valence-electron chi connectivity index (χ0n) is 19.7. The van der Waals surface area contributed by atoms with Crippen molar-refractivity contribution >= 4 is 35.8 Å². The second-order valence-electron chi connectivity index (χ2n) is 8.13. The maximum absolute atomic E-state index is 5.72. The monoisotopic (exact) mass is 560 g/mol. The van der Waals surface area contributed by atoms with Gasteiger partial charge in [0, 0.05) is 58.7 Å². The van der Waals surface area contributed by atoms with Crippen LogP contribution in [0.15, 0.2) is 23.3 Å². The lowest BCUT2D eigenvalue weighted by Gasteiger charge is -2.34. The molecule has 182 valence electrons. The first-order valence-corrected chi connectivity index (χ1v) is 11.9. The van der Waals surface area contributed by atoms with E-state index in [1.54, 1.807) is 0 Å². The third-order valence-electron chi connectivity index (χ3n) is 5.80. The summed E-state index contributed by atoms with van der Waals surface area (Å²) in [5.41, 5.74) is 1.12. The van der Waals surface area contributed by atoms with Gasteiger partial charge in [-0.3, -0.25) is 0 Å². The molecule has 0 bridgehead atoms. The summed E-state index contributed by atoms with van der Waals surface area (Å²) >= 11 is 0. The standard InChI is InChI=1S/C23H40N6O2.HI/c1-3-24-23(25-10-6-15-30-19-21-7-5-16-31-21)27-18-20-8-9-22(26-17-20)29-13-11-28(4-2)12-14-29;/h8-9,17,21H,3-7,10-16,18-19H2,1-2H3,(H2,24,25,27);1H. The molecule has 0 amide bonds. The number of rotatable bonds is 11. The van der Waals surface area contributed by atoms with E-state index in [9.17, 15) is 0 Å². The molecule has 0 aromatic carbocycles. The molecule has 1 aromatic heterocycles. The van der Waals surface area contributed by atoms with Crippen molar-refractivity contribution in [2.24, 2.45) is 4.99 Å². The second-order valence-corrected chi connectivity index (χ2v) is 8.13. The van der Waals surface area contributed by atoms with Gasteiger partial charge in [0.25, 0.3) is 0 Å². The number of guanidine groups is 1. The number of hydrogen-bond donors (Lipinski definition) is 2. The molecule has 0 spiro atoms. The lowest BCUT2D eigenvalue weighted by atomic mass is 10.2. The fourth-order valence-corrected chi connectivity index (χ4v) is 3.87. The minimum absolute atomic E-state index is 0. The fourth-order valence-electron chi connectivity index (χ4n) is 3.87. The molecule has 0 saturated carbocycles. The predicted octanol–water partition coefficient (Wildman–Crippen LogP) is 2.48. The van der Waals surface area contributed by atoms with Gasteiger partial charge in [-0.2, -0.15) is 0 Å². The first kappa shape index (κ1) is 27.1. The molecule has 1 unspecified atom stereocenters. The minimum Gasteiger partial charge on any atom is -0.379 e. The molecule has 8 nitrogen and oxygen atoms in total. The molecule has 2 fully saturated rings. The summed E-state index contributed by atoms with van der Waals surface area (Å²) in [5.74, 6) is 1.90. The van der Waals surface area contributed by atoms with Crippen LogP contribution in [0.4, 0.5) is 5.82 Å². The van der Waals surface area contributed by atoms with Crippen molar-refractivity contribution in [3.63, 3.8) is 0 Å². The Hall–Kier alpha value is -1.17. The Balaban J connectivity index is 0.00000363. The lowest BCUT2D eigenvalue weighted by Crippen LogP contribution is -2.46. The highest BCUT2D eigenvalue weighted by atomic mass is 127. The van der Waals surface area contributed by atoms with Crippen molar-refractivity contribution in [2.45, 2.75) is 45.8 Å². The summed E-state index contributed by atoms with van der Waals surface area (Å²) < 4.78 is 11.3. The largest absolute Gasteiger partial charge is 0.379 e. The van der Waals surface area contributed by atoms with E-state index in [1.165, 1.54) is 0 Å². The summed E-state index contributed by atoms with van der Waals surface area (Å²) in [6.07, 6.45) is 5.48. The molecule has 1 aromatic rings. The van der Waals surface area contributed by atoms with Crippen LogP contribution in [-0.4, -0.2) is 87.6 Å². The van der Waals surface area contributed by atoms with Gasteiger partial charge >= 0.3 is 0 Å². The van der Waals surface area contributed by atoms with Crippen molar-refractivity contribution in [3.05, 3.63) is 23.9 Å². The highest BCUT2D eigenvalue weighted by Crippen LogP contribution is 2.14. The lowest BCUT2D eigenvalue weighted by molar-refractivity contribution is 0.0168. The van der Waals surface area contributed by atoms with E-state index >= 15 is 0 Å². The van der Waals surface area contributed by atoms with Gasteiger partial charge in [0.2, 0.25) is 0 Å². The Morgan fingerprint density at radius 3 is 2.72 bits per heavy atom. The Labute approximate surface area is 210 Å². The first-order valence-electron chi connectivity index (χ1n) is 11.9. The molecule has 2 saturated heterocycles. The third kappa shape index (κ3) is 9.36. The van der Waals surface area contributed by atoms with E-state index < -0.39 is 0 Å². The van der Waals surface area contributed by atoms with Crippen LogP contribution >= 0.6 is 24.0 Å². The van der Waals surface area contributed by atoms with Gasteiger partial charge in [-0.25, -0.2) is 9.98 Å². The molecule has 32 heavy (non-hydrogen) atoms. The predicted molar refractivity (Wildman–Crippen MR) is 141 cm³/mol. The number of nitrogens with zero attached hydrogens (tertiary/aromatic N) is 4. The van der Waals surface area contributed by atoms with Crippen LogP contribution in [0, 0.1) is 0 Å². The van der Waals surface area contributed by atoms with Gasteiger partial charge < -0.3 is 29.9 Å². The van der Waals surface area contributed by atoms with Crippen LogP contribution in [0.3, 0.4) is 0 Å². The Kier molecular flexibility index (Phi) is 13.2. The van der Waals surface area contributed by atoms with Crippen molar-refractivity contribution in [2.75, 3.05) is 70.5 Å². The van der Waals surface area contributed by atoms with Gasteiger partial charge in [0.05, 0.1) is 19.3 Å². The Morgan fingerprint density at radius 2 is 2.06 bits per heavy atom. The zero-order chi connectivity index (χ0) is 21.7. The maximum atomic E-state index is 5.72. The van der Waals surface area contributed by atoms with Gasteiger partial charge in [0.1, 0.15) is 5.82 Å². The highest BCUT2D eigenvalue weighted by molar-refractivity contribution is 14.0. The molecule has 9 heteroatoms. The van der Waals surface area contributed by atoms with Crippen molar-refractivity contribution in [3.8, 4) is 0 Å². The Bertz CT molecular complexity index is 646. The average Bonchev–Trinajstić information content (AvgIpc) is 3.33. The fraction of sp³-hybridized carbons (Fsp3) is 0.739. The molecule has 3 rings (SSSR count). The van der Waals surface area contributed by atoms with Crippen LogP contribution in [0.2, 0.25) is 0 Å². The number of pyridine rings is 1. The summed E-state index contributed by atoms with van der Waals surface area (Å²) in [6.45, 7) is 14.4. The van der Waals surface area contributed by atoms with Crippen molar-refractivity contribution < 1.29 is 9.47 Å². The third-order valence-corrected chi connectivity index (χ3v) is 5.80. The van der Waals surface area contributed by atoms with Gasteiger partial charge in [0.15, 0.2) is 5.96 Å². The summed E-state index contributed by atoms with van der Waals surface area (Å²) in [7, 11) is 0. The van der Waals surface area contributed by atoms with E-state index in [2.05, 4.69) is 51.4 Å². The number of piperazine rings is 1. The average molecular weight is 561 g/mol. The number of anilines is 1. The van der Waals surface area contributed by atoms with Crippen LogP contribution in [-0.2, 0) is 16.0 Å². The number of aromatic nitrogens is 1. The number of aliphatic imine (C=N–C) groups is 1. The highest BCUT2D eigenvalue weighted by Gasteiger charge is 2.16. The van der Waals surface area contributed by atoms with Crippen LogP contribution in [0.25, 0.3) is 0 Å². The molecule has 2 aliphatic heterocycles. The van der Waals surface area contributed by atoms with Crippen molar-refractivity contribution in [1.82, 2.24) is 20.5 Å². The van der Waals surface area contributed by atoms with E-state index in [0.717, 1.165) is 95.6 Å². The quantitative estimate of drug-likeness (QED) is 0.187. The number of nitrogens with one attached hydrogen (secondary N) is 2. The van der Waals surface area contributed by atoms with Crippen LogP contribution in [0.5, 0.6) is 0 Å². The number of ether oxygens (including phenoxy) is 2. The second kappa shape index (κ2) is 15.6. The first-order chi connectivity index (χ1) is 15.3. The Morgan fingerprint density at radius 1 is 1.22 bits per heavy atom. The zero-order valence-corrected chi connectivity index (χ0v) is 22.1. The maximum Gasteiger partial charge on any atom is 0.191 e. The summed E-state index contributed by atoms with van der Waals surface area (Å²) in [5, 5.41) is 6.69. The number of hydrogen-bond acceptors (Lipinski definition) is 6. The van der Waals surface area contributed by atoms with Crippen LogP contribution < -0.4 is 15.5 Å². The molecule has 2 N–H and O–H groups in total. The molecule has 2 aliphatic rings.